The molecule has 2 aromatic carbocycles. The van der Waals surface area contributed by atoms with Crippen LogP contribution >= 0.6 is 23.2 Å². The molecule has 1 aliphatic carbocycles. The molecule has 5 rings (SSSR count). The molecule has 6 heteroatoms. The monoisotopic (exact) mass is 324 g/mol. The lowest BCUT2D eigenvalue weighted by Gasteiger charge is -2.20. The molecule has 0 N–H and O–H groups in total. The van der Waals surface area contributed by atoms with Crippen molar-refractivity contribution >= 4 is 45.3 Å². The minimum atomic E-state index is 0.637. The largest absolute Gasteiger partial charge is 0.242 e. The van der Waals surface area contributed by atoms with E-state index >= 15 is 0 Å². The summed E-state index contributed by atoms with van der Waals surface area (Å²) >= 11 is 12.0. The molecule has 0 unspecified atom stereocenters. The van der Waals surface area contributed by atoms with Crippen LogP contribution < -0.4 is 0 Å². The van der Waals surface area contributed by atoms with Crippen LogP contribution in [0.4, 0.5) is 0 Å². The van der Waals surface area contributed by atoms with E-state index in [1.54, 1.807) is 24.3 Å². The predicted octanol–water partition coefficient (Wildman–Crippen LogP) is 4.53. The third-order valence-electron chi connectivity index (χ3n) is 3.70. The van der Waals surface area contributed by atoms with E-state index in [0.29, 0.717) is 10.0 Å². The zero-order valence-electron chi connectivity index (χ0n) is 11.0. The molecular formula is C16H6Cl2N4. The van der Waals surface area contributed by atoms with E-state index in [0.717, 1.165) is 44.8 Å². The Morgan fingerprint density at radius 1 is 0.500 bits per heavy atom. The van der Waals surface area contributed by atoms with Crippen molar-refractivity contribution in [2.24, 2.45) is 0 Å². The van der Waals surface area contributed by atoms with Crippen LogP contribution in [-0.2, 0) is 0 Å². The van der Waals surface area contributed by atoms with E-state index in [2.05, 4.69) is 19.9 Å². The summed E-state index contributed by atoms with van der Waals surface area (Å²) in [6, 6.07) is 10.9. The van der Waals surface area contributed by atoms with Crippen molar-refractivity contribution < 1.29 is 0 Å². The molecule has 0 saturated heterocycles. The maximum atomic E-state index is 6.01. The molecule has 0 bridgehead atoms. The molecule has 104 valence electrons. The first-order valence-corrected chi connectivity index (χ1v) is 7.40. The van der Waals surface area contributed by atoms with E-state index in [-0.39, 0.29) is 0 Å². The number of halogens is 2. The summed E-state index contributed by atoms with van der Waals surface area (Å²) in [5.74, 6) is 0. The Morgan fingerprint density at radius 3 is 1.27 bits per heavy atom. The highest BCUT2D eigenvalue weighted by atomic mass is 35.5. The molecule has 1 aliphatic rings. The Balaban J connectivity index is 1.80. The van der Waals surface area contributed by atoms with Gasteiger partial charge in [0.1, 0.15) is 22.8 Å². The molecule has 2 aromatic heterocycles. The van der Waals surface area contributed by atoms with Gasteiger partial charge < -0.3 is 0 Å². The SMILES string of the molecule is Clc1ccc2nc3c(nc2c1)-c1nc2cc(Cl)ccc2nc1-3. The zero-order valence-corrected chi connectivity index (χ0v) is 12.5. The highest BCUT2D eigenvalue weighted by Crippen LogP contribution is 2.43. The minimum absolute atomic E-state index is 0.637. The van der Waals surface area contributed by atoms with Crippen LogP contribution in [0.5, 0.6) is 0 Å². The number of rotatable bonds is 0. The maximum absolute atomic E-state index is 6.01. The lowest BCUT2D eigenvalue weighted by molar-refractivity contribution is 1.15. The Bertz CT molecular complexity index is 1020. The number of benzene rings is 2. The van der Waals surface area contributed by atoms with Crippen molar-refractivity contribution in [2.45, 2.75) is 0 Å². The lowest BCUT2D eigenvalue weighted by atomic mass is 9.98. The molecule has 2 heterocycles. The molecule has 0 atom stereocenters. The quantitative estimate of drug-likeness (QED) is 0.420. The fourth-order valence-electron chi connectivity index (χ4n) is 2.65. The van der Waals surface area contributed by atoms with Crippen LogP contribution in [0.1, 0.15) is 0 Å². The van der Waals surface area contributed by atoms with Gasteiger partial charge in [0, 0.05) is 10.0 Å². The average molecular weight is 325 g/mol. The summed E-state index contributed by atoms with van der Waals surface area (Å²) in [6.45, 7) is 0. The zero-order chi connectivity index (χ0) is 14.8. The maximum Gasteiger partial charge on any atom is 0.120 e. The summed E-state index contributed by atoms with van der Waals surface area (Å²) in [5.41, 5.74) is 6.20. The molecular weight excluding hydrogens is 319 g/mol. The van der Waals surface area contributed by atoms with Gasteiger partial charge in [0.05, 0.1) is 22.1 Å². The van der Waals surface area contributed by atoms with E-state index in [9.17, 15) is 0 Å². The molecule has 0 amide bonds. The normalized spacial score (nSPS) is 12.1. The van der Waals surface area contributed by atoms with Crippen molar-refractivity contribution in [3.05, 3.63) is 46.4 Å². The predicted molar refractivity (Wildman–Crippen MR) is 87.1 cm³/mol. The van der Waals surface area contributed by atoms with Crippen LogP contribution in [0.3, 0.4) is 0 Å². The first-order valence-electron chi connectivity index (χ1n) is 6.64. The average Bonchev–Trinajstić information content (AvgIpc) is 2.51. The Morgan fingerprint density at radius 2 is 0.864 bits per heavy atom. The van der Waals surface area contributed by atoms with Crippen molar-refractivity contribution in [3.8, 4) is 22.8 Å². The molecule has 4 nitrogen and oxygen atoms in total. The fourth-order valence-corrected chi connectivity index (χ4v) is 2.99. The summed E-state index contributed by atoms with van der Waals surface area (Å²) in [5, 5.41) is 1.27. The molecule has 0 aliphatic heterocycles. The second kappa shape index (κ2) is 4.12. The van der Waals surface area contributed by atoms with Gasteiger partial charge in [-0.05, 0) is 36.4 Å². The number of fused-ring (bicyclic) bond motifs is 6. The minimum Gasteiger partial charge on any atom is -0.242 e. The first kappa shape index (κ1) is 12.3. The number of aromatic nitrogens is 4. The van der Waals surface area contributed by atoms with E-state index in [4.69, 9.17) is 23.2 Å². The van der Waals surface area contributed by atoms with Crippen LogP contribution in [0, 0.1) is 0 Å². The van der Waals surface area contributed by atoms with Gasteiger partial charge in [-0.3, -0.25) is 0 Å². The van der Waals surface area contributed by atoms with Gasteiger partial charge in [-0.1, -0.05) is 23.2 Å². The van der Waals surface area contributed by atoms with Gasteiger partial charge in [0.15, 0.2) is 0 Å². The van der Waals surface area contributed by atoms with Gasteiger partial charge in [-0.2, -0.15) is 0 Å². The highest BCUT2D eigenvalue weighted by molar-refractivity contribution is 6.31. The Kier molecular flexibility index (Phi) is 2.30. The summed E-state index contributed by atoms with van der Waals surface area (Å²) in [6.07, 6.45) is 0. The van der Waals surface area contributed by atoms with Crippen LogP contribution in [-0.4, -0.2) is 19.9 Å². The van der Waals surface area contributed by atoms with Gasteiger partial charge in [0.25, 0.3) is 0 Å². The molecule has 0 radical (unpaired) electrons. The van der Waals surface area contributed by atoms with Gasteiger partial charge in [-0.25, -0.2) is 19.9 Å². The Labute approximate surface area is 134 Å². The first-order chi connectivity index (χ1) is 10.7. The Hall–Kier alpha value is -2.30. The van der Waals surface area contributed by atoms with Gasteiger partial charge in [-0.15, -0.1) is 0 Å². The lowest BCUT2D eigenvalue weighted by Crippen LogP contribution is -2.09. The number of hydrogen-bond donors (Lipinski definition) is 0. The fraction of sp³-hybridized carbons (Fsp3) is 0. The van der Waals surface area contributed by atoms with Gasteiger partial charge in [0.2, 0.25) is 0 Å². The van der Waals surface area contributed by atoms with Crippen LogP contribution in [0.15, 0.2) is 36.4 Å². The highest BCUT2D eigenvalue weighted by Gasteiger charge is 2.30. The van der Waals surface area contributed by atoms with Crippen molar-refractivity contribution in [1.82, 2.24) is 19.9 Å². The number of nitrogens with zero attached hydrogens (tertiary/aromatic N) is 4. The van der Waals surface area contributed by atoms with Crippen molar-refractivity contribution in [3.63, 3.8) is 0 Å². The summed E-state index contributed by atoms with van der Waals surface area (Å²) in [4.78, 5) is 18.5. The van der Waals surface area contributed by atoms with Crippen molar-refractivity contribution in [2.75, 3.05) is 0 Å². The second-order valence-electron chi connectivity index (χ2n) is 5.11. The van der Waals surface area contributed by atoms with Gasteiger partial charge >= 0.3 is 0 Å². The third kappa shape index (κ3) is 1.59. The molecule has 4 aromatic rings. The second-order valence-corrected chi connectivity index (χ2v) is 5.98. The molecule has 0 fully saturated rings. The topological polar surface area (TPSA) is 51.6 Å². The van der Waals surface area contributed by atoms with Crippen LogP contribution in [0.25, 0.3) is 44.8 Å². The van der Waals surface area contributed by atoms with Crippen molar-refractivity contribution in [1.29, 1.82) is 0 Å². The molecule has 0 saturated carbocycles. The smallest absolute Gasteiger partial charge is 0.120 e. The van der Waals surface area contributed by atoms with Crippen LogP contribution in [0.2, 0.25) is 10.0 Å². The van der Waals surface area contributed by atoms with E-state index in [1.807, 2.05) is 12.1 Å². The molecule has 22 heavy (non-hydrogen) atoms. The summed E-state index contributed by atoms with van der Waals surface area (Å²) < 4.78 is 0. The third-order valence-corrected chi connectivity index (χ3v) is 4.17. The van der Waals surface area contributed by atoms with E-state index in [1.165, 1.54) is 0 Å². The van der Waals surface area contributed by atoms with E-state index < -0.39 is 0 Å². The summed E-state index contributed by atoms with van der Waals surface area (Å²) in [7, 11) is 0. The molecule has 0 spiro atoms. The standard InChI is InChI=1S/C16H6Cl2N4/c17-7-1-3-9-11(5-7)21-15-13(19-9)14-16(15)22-12-6-8(18)2-4-10(12)20-14/h1-6H. The number of hydrogen-bond acceptors (Lipinski definition) is 4.